The minimum atomic E-state index is -0.195. The number of ether oxygens (including phenoxy) is 1. The molecule has 2 N–H and O–H groups in total. The maximum Gasteiger partial charge on any atom is 0.272 e. The van der Waals surface area contributed by atoms with E-state index in [0.717, 1.165) is 63.2 Å². The van der Waals surface area contributed by atoms with E-state index in [-0.39, 0.29) is 24.7 Å². The third-order valence-corrected chi connectivity index (χ3v) is 6.38. The summed E-state index contributed by atoms with van der Waals surface area (Å²) in [6, 6.07) is 12.9. The Kier molecular flexibility index (Phi) is 7.17. The van der Waals surface area contributed by atoms with Crippen LogP contribution in [0.3, 0.4) is 0 Å². The van der Waals surface area contributed by atoms with Gasteiger partial charge in [0.15, 0.2) is 11.5 Å². The lowest BCUT2D eigenvalue weighted by atomic mass is 9.93. The van der Waals surface area contributed by atoms with E-state index < -0.39 is 0 Å². The first-order chi connectivity index (χ1) is 15.6. The molecule has 1 saturated carbocycles. The number of carbonyl (C=O) groups is 1. The molecule has 1 saturated heterocycles. The molecule has 1 amide bonds. The number of nitriles is 1. The molecule has 2 heterocycles. The minimum Gasteiger partial charge on any atom is -0.490 e. The van der Waals surface area contributed by atoms with Crippen LogP contribution in [0.2, 0.25) is 0 Å². The Morgan fingerprint density at radius 3 is 2.38 bits per heavy atom. The van der Waals surface area contributed by atoms with Crippen LogP contribution in [-0.4, -0.2) is 53.1 Å². The van der Waals surface area contributed by atoms with Crippen molar-refractivity contribution >= 4 is 11.7 Å². The van der Waals surface area contributed by atoms with E-state index in [0.29, 0.717) is 17.2 Å². The van der Waals surface area contributed by atoms with Gasteiger partial charge in [0.2, 0.25) is 0 Å². The van der Waals surface area contributed by atoms with Gasteiger partial charge in [0.25, 0.3) is 5.91 Å². The van der Waals surface area contributed by atoms with Gasteiger partial charge in [-0.1, -0.05) is 0 Å². The smallest absolute Gasteiger partial charge is 0.272 e. The molecule has 0 atom stereocenters. The molecule has 1 aliphatic heterocycles. The van der Waals surface area contributed by atoms with Gasteiger partial charge in [-0.05, 0) is 80.8 Å². The van der Waals surface area contributed by atoms with Crippen molar-refractivity contribution in [3.05, 3.63) is 47.7 Å². The van der Waals surface area contributed by atoms with Crippen LogP contribution >= 0.6 is 0 Å². The highest BCUT2D eigenvalue weighted by Crippen LogP contribution is 2.25. The average molecular weight is 436 g/mol. The lowest BCUT2D eigenvalue weighted by Gasteiger charge is -2.31. The van der Waals surface area contributed by atoms with Crippen LogP contribution in [0.15, 0.2) is 36.4 Å². The predicted molar refractivity (Wildman–Crippen MR) is 119 cm³/mol. The Balaban J connectivity index is 1.23. The molecular weight excluding hydrogens is 406 g/mol. The number of aromatic nitrogens is 2. The lowest BCUT2D eigenvalue weighted by Crippen LogP contribution is -2.40. The van der Waals surface area contributed by atoms with Crippen LogP contribution < -0.4 is 15.0 Å². The number of aliphatic hydroxyl groups is 1. The number of hydrogen-bond donors (Lipinski definition) is 2. The fourth-order valence-electron chi connectivity index (χ4n) is 4.34. The van der Waals surface area contributed by atoms with Gasteiger partial charge in [0, 0.05) is 25.7 Å². The summed E-state index contributed by atoms with van der Waals surface area (Å²) < 4.78 is 6.01. The van der Waals surface area contributed by atoms with E-state index in [9.17, 15) is 9.90 Å². The normalized spacial score (nSPS) is 21.6. The topological polar surface area (TPSA) is 111 Å². The number of benzene rings is 1. The summed E-state index contributed by atoms with van der Waals surface area (Å²) in [5, 5.41) is 29.6. The highest BCUT2D eigenvalue weighted by atomic mass is 16.5. The Hall–Kier alpha value is -3.18. The van der Waals surface area contributed by atoms with Crippen LogP contribution in [0.4, 0.5) is 5.82 Å². The largest absolute Gasteiger partial charge is 0.490 e. The molecule has 2 aliphatic rings. The summed E-state index contributed by atoms with van der Waals surface area (Å²) in [4.78, 5) is 14.8. The number of aliphatic hydroxyl groups excluding tert-OH is 1. The highest BCUT2D eigenvalue weighted by Gasteiger charge is 2.25. The van der Waals surface area contributed by atoms with Crippen molar-refractivity contribution in [1.29, 1.82) is 5.26 Å². The maximum atomic E-state index is 12.6. The molecule has 0 bridgehead atoms. The third kappa shape index (κ3) is 5.54. The van der Waals surface area contributed by atoms with Crippen molar-refractivity contribution in [3.8, 4) is 11.8 Å². The second-order valence-electron chi connectivity index (χ2n) is 8.59. The number of nitrogens with one attached hydrogen (secondary N) is 1. The van der Waals surface area contributed by atoms with E-state index in [2.05, 4.69) is 26.5 Å². The molecule has 0 radical (unpaired) electrons. The van der Waals surface area contributed by atoms with E-state index in [1.165, 1.54) is 0 Å². The van der Waals surface area contributed by atoms with Crippen molar-refractivity contribution in [1.82, 2.24) is 15.5 Å². The van der Waals surface area contributed by atoms with E-state index in [1.807, 2.05) is 18.2 Å². The SMILES string of the molecule is N#Cc1ccc(OC2CCC(NC(=O)c3ccc(N4CCC(CO)CC4)nn3)CC2)cc1. The summed E-state index contributed by atoms with van der Waals surface area (Å²) in [7, 11) is 0. The van der Waals surface area contributed by atoms with Gasteiger partial charge in [0.1, 0.15) is 5.75 Å². The van der Waals surface area contributed by atoms with Crippen LogP contribution in [0, 0.1) is 17.2 Å². The molecule has 0 unspecified atom stereocenters. The van der Waals surface area contributed by atoms with E-state index in [1.54, 1.807) is 18.2 Å². The number of piperidine rings is 1. The molecular formula is C24H29N5O3. The minimum absolute atomic E-state index is 0.0994. The molecule has 1 aliphatic carbocycles. The maximum absolute atomic E-state index is 12.6. The summed E-state index contributed by atoms with van der Waals surface area (Å²) in [6.45, 7) is 1.93. The van der Waals surface area contributed by atoms with Crippen molar-refractivity contribution in [2.75, 3.05) is 24.6 Å². The van der Waals surface area contributed by atoms with Gasteiger partial charge in [-0.2, -0.15) is 5.26 Å². The Morgan fingerprint density at radius 2 is 1.78 bits per heavy atom. The number of nitrogens with zero attached hydrogens (tertiary/aromatic N) is 4. The second kappa shape index (κ2) is 10.4. The molecule has 0 spiro atoms. The standard InChI is InChI=1S/C24H29N5O3/c25-15-17-1-5-20(6-2-17)32-21-7-3-19(4-8-21)26-24(31)22-9-10-23(28-27-22)29-13-11-18(16-30)12-14-29/h1-2,5-6,9-10,18-19,21,30H,3-4,7-8,11-14,16H2,(H,26,31). The Morgan fingerprint density at radius 1 is 1.06 bits per heavy atom. The fraction of sp³-hybridized carbons (Fsp3) is 0.500. The molecule has 168 valence electrons. The number of carbonyl (C=O) groups excluding carboxylic acids is 1. The summed E-state index contributed by atoms with van der Waals surface area (Å²) in [5.74, 6) is 1.72. The Bertz CT molecular complexity index is 926. The fourth-order valence-corrected chi connectivity index (χ4v) is 4.34. The van der Waals surface area contributed by atoms with Gasteiger partial charge in [-0.25, -0.2) is 0 Å². The zero-order chi connectivity index (χ0) is 22.3. The monoisotopic (exact) mass is 435 g/mol. The van der Waals surface area contributed by atoms with Gasteiger partial charge in [-0.15, -0.1) is 10.2 Å². The van der Waals surface area contributed by atoms with Crippen LogP contribution in [0.5, 0.6) is 5.75 Å². The van der Waals surface area contributed by atoms with Gasteiger partial charge in [0.05, 0.1) is 17.7 Å². The first-order valence-electron chi connectivity index (χ1n) is 11.3. The number of hydrogen-bond acceptors (Lipinski definition) is 7. The average Bonchev–Trinajstić information content (AvgIpc) is 2.86. The van der Waals surface area contributed by atoms with Crippen LogP contribution in [-0.2, 0) is 0 Å². The predicted octanol–water partition coefficient (Wildman–Crippen LogP) is 2.68. The van der Waals surface area contributed by atoms with Crippen molar-refractivity contribution < 1.29 is 14.6 Å². The van der Waals surface area contributed by atoms with E-state index in [4.69, 9.17) is 10.00 Å². The summed E-state index contributed by atoms with van der Waals surface area (Å²) in [5.41, 5.74) is 0.945. The van der Waals surface area contributed by atoms with Crippen LogP contribution in [0.25, 0.3) is 0 Å². The van der Waals surface area contributed by atoms with Crippen molar-refractivity contribution in [3.63, 3.8) is 0 Å². The first-order valence-corrected chi connectivity index (χ1v) is 11.3. The zero-order valence-corrected chi connectivity index (χ0v) is 18.1. The van der Waals surface area contributed by atoms with Crippen molar-refractivity contribution in [2.24, 2.45) is 5.92 Å². The number of amides is 1. The van der Waals surface area contributed by atoms with Gasteiger partial charge >= 0.3 is 0 Å². The molecule has 2 fully saturated rings. The molecule has 32 heavy (non-hydrogen) atoms. The quantitative estimate of drug-likeness (QED) is 0.717. The second-order valence-corrected chi connectivity index (χ2v) is 8.59. The van der Waals surface area contributed by atoms with Crippen molar-refractivity contribution in [2.45, 2.75) is 50.7 Å². The first kappa shape index (κ1) is 22.0. The van der Waals surface area contributed by atoms with E-state index >= 15 is 0 Å². The third-order valence-electron chi connectivity index (χ3n) is 6.38. The number of anilines is 1. The molecule has 1 aromatic heterocycles. The zero-order valence-electron chi connectivity index (χ0n) is 18.1. The molecule has 8 nitrogen and oxygen atoms in total. The lowest BCUT2D eigenvalue weighted by molar-refractivity contribution is 0.0888. The van der Waals surface area contributed by atoms with Crippen LogP contribution in [0.1, 0.15) is 54.6 Å². The molecule has 2 aromatic rings. The Labute approximate surface area is 188 Å². The van der Waals surface area contributed by atoms with Gasteiger partial charge in [-0.3, -0.25) is 4.79 Å². The molecule has 1 aromatic carbocycles. The highest BCUT2D eigenvalue weighted by molar-refractivity contribution is 5.92. The summed E-state index contributed by atoms with van der Waals surface area (Å²) in [6.07, 6.45) is 5.41. The van der Waals surface area contributed by atoms with Gasteiger partial charge < -0.3 is 20.1 Å². The number of rotatable bonds is 6. The molecule has 4 rings (SSSR count). The summed E-state index contributed by atoms with van der Waals surface area (Å²) >= 11 is 0. The molecule has 8 heteroatoms.